The lowest BCUT2D eigenvalue weighted by atomic mass is 10.2. The van der Waals surface area contributed by atoms with Crippen molar-refractivity contribution in [3.8, 4) is 0 Å². The first-order valence-electron chi connectivity index (χ1n) is 8.73. The zero-order valence-corrected chi connectivity index (χ0v) is 16.5. The number of carbonyl (C=O) groups excluding carboxylic acids is 1. The smallest absolute Gasteiger partial charge is 0.329 e. The summed E-state index contributed by atoms with van der Waals surface area (Å²) in [5.41, 5.74) is 0.562. The fraction of sp³-hybridized carbons (Fsp3) is 0.263. The standard InChI is InChI=1S/C19H20ClN5O3/c1-4-8-25-16-12(18(27)23-19(25)28)9-11(10-21-16)17(26)22-14-7-5-6-13(20)15(14)24(2)3/h5-7,9-10H,4,8H2,1-3H3,(H,22,26)(H,23,27,28). The van der Waals surface area contributed by atoms with E-state index < -0.39 is 17.2 Å². The summed E-state index contributed by atoms with van der Waals surface area (Å²) in [6, 6.07) is 6.63. The quantitative estimate of drug-likeness (QED) is 0.684. The lowest BCUT2D eigenvalue weighted by Crippen LogP contribution is -2.31. The Morgan fingerprint density at radius 2 is 2.07 bits per heavy atom. The van der Waals surface area contributed by atoms with Crippen molar-refractivity contribution in [2.45, 2.75) is 19.9 Å². The maximum absolute atomic E-state index is 12.7. The lowest BCUT2D eigenvalue weighted by molar-refractivity contribution is 0.102. The largest absolute Gasteiger partial charge is 0.375 e. The molecule has 9 heteroatoms. The molecule has 2 aromatic heterocycles. The third kappa shape index (κ3) is 3.63. The summed E-state index contributed by atoms with van der Waals surface area (Å²) in [7, 11) is 3.64. The maximum atomic E-state index is 12.7. The van der Waals surface area contributed by atoms with Gasteiger partial charge in [-0.25, -0.2) is 9.78 Å². The number of nitrogens with one attached hydrogen (secondary N) is 2. The predicted molar refractivity (Wildman–Crippen MR) is 111 cm³/mol. The number of hydrogen-bond acceptors (Lipinski definition) is 5. The Hall–Kier alpha value is -3.13. The Morgan fingerprint density at radius 1 is 1.32 bits per heavy atom. The monoisotopic (exact) mass is 401 g/mol. The number of nitrogens with zero attached hydrogens (tertiary/aromatic N) is 3. The number of H-pyrrole nitrogens is 1. The molecule has 146 valence electrons. The van der Waals surface area contributed by atoms with Gasteiger partial charge in [0.05, 0.1) is 27.3 Å². The normalized spacial score (nSPS) is 10.9. The topological polar surface area (TPSA) is 100 Å². The van der Waals surface area contributed by atoms with E-state index in [1.165, 1.54) is 16.8 Å². The summed E-state index contributed by atoms with van der Waals surface area (Å²) < 4.78 is 1.39. The summed E-state index contributed by atoms with van der Waals surface area (Å²) in [6.45, 7) is 2.33. The third-order valence-corrected chi connectivity index (χ3v) is 4.53. The number of fused-ring (bicyclic) bond motifs is 1. The van der Waals surface area contributed by atoms with Gasteiger partial charge in [0.2, 0.25) is 0 Å². The number of para-hydroxylation sites is 1. The van der Waals surface area contributed by atoms with Gasteiger partial charge in [0.25, 0.3) is 11.5 Å². The maximum Gasteiger partial charge on any atom is 0.329 e. The van der Waals surface area contributed by atoms with Crippen LogP contribution < -0.4 is 21.5 Å². The van der Waals surface area contributed by atoms with Gasteiger partial charge < -0.3 is 10.2 Å². The van der Waals surface area contributed by atoms with Crippen LogP contribution in [0.2, 0.25) is 5.02 Å². The molecule has 0 saturated carbocycles. The highest BCUT2D eigenvalue weighted by Crippen LogP contribution is 2.32. The highest BCUT2D eigenvalue weighted by Gasteiger charge is 2.16. The van der Waals surface area contributed by atoms with Crippen LogP contribution in [0.4, 0.5) is 11.4 Å². The zero-order valence-electron chi connectivity index (χ0n) is 15.7. The van der Waals surface area contributed by atoms with Gasteiger partial charge in [0, 0.05) is 26.8 Å². The number of anilines is 2. The molecule has 2 heterocycles. The van der Waals surface area contributed by atoms with E-state index in [1.807, 2.05) is 21.0 Å². The van der Waals surface area contributed by atoms with Crippen molar-refractivity contribution in [2.24, 2.45) is 0 Å². The van der Waals surface area contributed by atoms with Crippen LogP contribution in [0, 0.1) is 0 Å². The number of amides is 1. The number of aromatic nitrogens is 3. The van der Waals surface area contributed by atoms with E-state index in [2.05, 4.69) is 15.3 Å². The number of benzene rings is 1. The van der Waals surface area contributed by atoms with E-state index in [0.717, 1.165) is 0 Å². The molecule has 0 spiro atoms. The van der Waals surface area contributed by atoms with Crippen molar-refractivity contribution in [3.05, 3.63) is 61.9 Å². The summed E-state index contributed by atoms with van der Waals surface area (Å²) in [5, 5.41) is 3.48. The van der Waals surface area contributed by atoms with Crippen molar-refractivity contribution in [1.29, 1.82) is 0 Å². The number of halogens is 1. The van der Waals surface area contributed by atoms with E-state index in [0.29, 0.717) is 29.4 Å². The Bertz CT molecular complexity index is 1170. The summed E-state index contributed by atoms with van der Waals surface area (Å²) in [6.07, 6.45) is 2.05. The minimum Gasteiger partial charge on any atom is -0.375 e. The number of hydrogen-bond donors (Lipinski definition) is 2. The first kappa shape index (κ1) is 19.6. The van der Waals surface area contributed by atoms with Gasteiger partial charge in [-0.05, 0) is 24.6 Å². The van der Waals surface area contributed by atoms with Gasteiger partial charge in [-0.2, -0.15) is 0 Å². The lowest BCUT2D eigenvalue weighted by Gasteiger charge is -2.19. The minimum absolute atomic E-state index is 0.180. The SMILES string of the molecule is CCCn1c(=O)[nH]c(=O)c2cc(C(=O)Nc3cccc(Cl)c3N(C)C)cnc21. The molecule has 0 saturated heterocycles. The molecule has 8 nitrogen and oxygen atoms in total. The van der Waals surface area contributed by atoms with Gasteiger partial charge in [0.15, 0.2) is 0 Å². The average molecular weight is 402 g/mol. The molecule has 0 aliphatic heterocycles. The van der Waals surface area contributed by atoms with Gasteiger partial charge in [0.1, 0.15) is 5.65 Å². The van der Waals surface area contributed by atoms with Crippen LogP contribution in [0.1, 0.15) is 23.7 Å². The van der Waals surface area contributed by atoms with Crippen LogP contribution >= 0.6 is 11.6 Å². The van der Waals surface area contributed by atoms with Crippen LogP contribution in [0.5, 0.6) is 0 Å². The number of carbonyl (C=O) groups is 1. The van der Waals surface area contributed by atoms with Crippen LogP contribution in [0.15, 0.2) is 40.1 Å². The van der Waals surface area contributed by atoms with E-state index in [1.54, 1.807) is 23.1 Å². The third-order valence-electron chi connectivity index (χ3n) is 4.22. The molecular weight excluding hydrogens is 382 g/mol. The highest BCUT2D eigenvalue weighted by atomic mass is 35.5. The van der Waals surface area contributed by atoms with Crippen molar-refractivity contribution in [3.63, 3.8) is 0 Å². The van der Waals surface area contributed by atoms with Gasteiger partial charge in [-0.1, -0.05) is 24.6 Å². The second kappa shape index (κ2) is 7.85. The highest BCUT2D eigenvalue weighted by molar-refractivity contribution is 6.34. The van der Waals surface area contributed by atoms with E-state index in [9.17, 15) is 14.4 Å². The molecule has 0 fully saturated rings. The van der Waals surface area contributed by atoms with Crippen LogP contribution in [0.3, 0.4) is 0 Å². The van der Waals surface area contributed by atoms with Crippen LogP contribution in [-0.4, -0.2) is 34.5 Å². The van der Waals surface area contributed by atoms with Gasteiger partial charge >= 0.3 is 5.69 Å². The van der Waals surface area contributed by atoms with Crippen molar-refractivity contribution >= 4 is 39.9 Å². The molecule has 0 aliphatic carbocycles. The number of rotatable bonds is 5. The molecule has 1 aromatic carbocycles. The zero-order chi connectivity index (χ0) is 20.4. The fourth-order valence-corrected chi connectivity index (χ4v) is 3.33. The second-order valence-electron chi connectivity index (χ2n) is 6.49. The number of pyridine rings is 1. The first-order valence-corrected chi connectivity index (χ1v) is 9.11. The molecule has 28 heavy (non-hydrogen) atoms. The van der Waals surface area contributed by atoms with Crippen molar-refractivity contribution in [2.75, 3.05) is 24.3 Å². The molecule has 0 bridgehead atoms. The molecule has 0 atom stereocenters. The Kier molecular flexibility index (Phi) is 5.51. The minimum atomic E-state index is -0.578. The summed E-state index contributed by atoms with van der Waals surface area (Å²) in [5.74, 6) is -0.438. The molecule has 3 rings (SSSR count). The van der Waals surface area contributed by atoms with Gasteiger partial charge in [-0.3, -0.25) is 19.1 Å². The van der Waals surface area contributed by atoms with E-state index >= 15 is 0 Å². The molecule has 0 radical (unpaired) electrons. The Morgan fingerprint density at radius 3 is 2.75 bits per heavy atom. The molecule has 0 unspecified atom stereocenters. The van der Waals surface area contributed by atoms with E-state index in [-0.39, 0.29) is 16.6 Å². The first-order chi connectivity index (χ1) is 13.3. The summed E-state index contributed by atoms with van der Waals surface area (Å²) in [4.78, 5) is 45.2. The molecular formula is C19H20ClN5O3. The predicted octanol–water partition coefficient (Wildman–Crippen LogP) is 2.47. The van der Waals surface area contributed by atoms with Crippen molar-refractivity contribution in [1.82, 2.24) is 14.5 Å². The fourth-order valence-electron chi connectivity index (χ4n) is 2.99. The number of aryl methyl sites for hydroxylation is 1. The average Bonchev–Trinajstić information content (AvgIpc) is 2.64. The Labute approximate surface area is 165 Å². The molecule has 1 amide bonds. The van der Waals surface area contributed by atoms with Crippen molar-refractivity contribution < 1.29 is 4.79 Å². The molecule has 0 aliphatic rings. The molecule has 2 N–H and O–H groups in total. The van der Waals surface area contributed by atoms with Gasteiger partial charge in [-0.15, -0.1) is 0 Å². The number of aromatic amines is 1. The van der Waals surface area contributed by atoms with Crippen LogP contribution in [0.25, 0.3) is 11.0 Å². The summed E-state index contributed by atoms with van der Waals surface area (Å²) >= 11 is 6.23. The molecule has 3 aromatic rings. The Balaban J connectivity index is 2.04. The second-order valence-corrected chi connectivity index (χ2v) is 6.90. The van der Waals surface area contributed by atoms with Crippen LogP contribution in [-0.2, 0) is 6.54 Å². The van der Waals surface area contributed by atoms with E-state index in [4.69, 9.17) is 11.6 Å².